The number of benzene rings is 1. The van der Waals surface area contributed by atoms with Crippen LogP contribution in [0.2, 0.25) is 0 Å². The van der Waals surface area contributed by atoms with E-state index < -0.39 is 23.7 Å². The summed E-state index contributed by atoms with van der Waals surface area (Å²) in [6, 6.07) is 2.04. The quantitative estimate of drug-likeness (QED) is 0.743. The summed E-state index contributed by atoms with van der Waals surface area (Å²) in [6.07, 6.45) is 1.05. The second-order valence-electron chi connectivity index (χ2n) is 4.93. The number of primary amides is 1. The molecule has 0 aliphatic heterocycles. The number of carbonyl (C=O) groups excluding carboxylic acids is 2. The first-order valence-corrected chi connectivity index (χ1v) is 6.60. The molecule has 21 heavy (non-hydrogen) atoms. The van der Waals surface area contributed by atoms with Crippen LogP contribution < -0.4 is 16.4 Å². The molecule has 0 heterocycles. The van der Waals surface area contributed by atoms with Crippen LogP contribution in [0.3, 0.4) is 0 Å². The number of rotatable bonds is 6. The van der Waals surface area contributed by atoms with Crippen LogP contribution in [0.15, 0.2) is 18.2 Å². The first kappa shape index (κ1) is 16.9. The van der Waals surface area contributed by atoms with Crippen molar-refractivity contribution in [2.24, 2.45) is 5.73 Å². The fourth-order valence-electron chi connectivity index (χ4n) is 1.80. The molecule has 0 aliphatic rings. The van der Waals surface area contributed by atoms with Gasteiger partial charge in [-0.2, -0.15) is 0 Å². The average molecular weight is 299 g/mol. The molecule has 3 amide bonds. The summed E-state index contributed by atoms with van der Waals surface area (Å²) in [4.78, 5) is 22.3. The number of carbonyl (C=O) groups is 2. The van der Waals surface area contributed by atoms with Crippen molar-refractivity contribution in [2.75, 3.05) is 0 Å². The Morgan fingerprint density at radius 2 is 1.86 bits per heavy atom. The number of amides is 3. The highest BCUT2D eigenvalue weighted by Gasteiger charge is 2.16. The van der Waals surface area contributed by atoms with Gasteiger partial charge in [0.1, 0.15) is 6.04 Å². The van der Waals surface area contributed by atoms with Gasteiger partial charge in [0, 0.05) is 6.04 Å². The summed E-state index contributed by atoms with van der Waals surface area (Å²) in [5.41, 5.74) is 5.58. The zero-order valence-corrected chi connectivity index (χ0v) is 12.0. The summed E-state index contributed by atoms with van der Waals surface area (Å²) in [5.74, 6) is -2.12. The van der Waals surface area contributed by atoms with Gasteiger partial charge in [-0.15, -0.1) is 0 Å². The molecular weight excluding hydrogens is 280 g/mol. The molecule has 5 nitrogen and oxygen atoms in total. The topological polar surface area (TPSA) is 84.2 Å². The van der Waals surface area contributed by atoms with Crippen molar-refractivity contribution < 1.29 is 18.4 Å². The van der Waals surface area contributed by atoms with Crippen molar-refractivity contribution in [3.63, 3.8) is 0 Å². The van der Waals surface area contributed by atoms with Gasteiger partial charge in [-0.25, -0.2) is 13.6 Å². The number of aryl methyl sites for hydroxylation is 1. The predicted molar refractivity (Wildman–Crippen MR) is 74.5 cm³/mol. The Morgan fingerprint density at radius 3 is 2.43 bits per heavy atom. The van der Waals surface area contributed by atoms with Gasteiger partial charge in [0.25, 0.3) is 0 Å². The second-order valence-corrected chi connectivity index (χ2v) is 4.93. The lowest BCUT2D eigenvalue weighted by Gasteiger charge is -2.17. The largest absolute Gasteiger partial charge is 0.352 e. The second kappa shape index (κ2) is 7.56. The minimum Gasteiger partial charge on any atom is -0.352 e. The number of nitrogens with one attached hydrogen (secondary N) is 2. The minimum atomic E-state index is -0.886. The predicted octanol–water partition coefficient (Wildman–Crippen LogP) is 1.46. The van der Waals surface area contributed by atoms with E-state index in [4.69, 9.17) is 5.73 Å². The molecule has 0 saturated carbocycles. The fourth-order valence-corrected chi connectivity index (χ4v) is 1.80. The smallest absolute Gasteiger partial charge is 0.312 e. The van der Waals surface area contributed by atoms with E-state index in [0.29, 0.717) is 18.4 Å². The third-order valence-electron chi connectivity index (χ3n) is 2.99. The third kappa shape index (κ3) is 5.76. The lowest BCUT2D eigenvalue weighted by Crippen LogP contribution is -2.49. The van der Waals surface area contributed by atoms with Gasteiger partial charge in [-0.1, -0.05) is 6.07 Å². The van der Waals surface area contributed by atoms with Gasteiger partial charge in [-0.05, 0) is 44.4 Å². The van der Waals surface area contributed by atoms with Gasteiger partial charge in [0.2, 0.25) is 5.91 Å². The molecule has 0 bridgehead atoms. The molecule has 0 aliphatic carbocycles. The van der Waals surface area contributed by atoms with Crippen molar-refractivity contribution in [1.29, 1.82) is 0 Å². The molecule has 0 fully saturated rings. The van der Waals surface area contributed by atoms with Crippen LogP contribution >= 0.6 is 0 Å². The maximum Gasteiger partial charge on any atom is 0.312 e. The Labute approximate surface area is 121 Å². The van der Waals surface area contributed by atoms with Crippen molar-refractivity contribution in [3.05, 3.63) is 35.4 Å². The van der Waals surface area contributed by atoms with Crippen LogP contribution in [-0.4, -0.2) is 24.0 Å². The highest BCUT2D eigenvalue weighted by atomic mass is 19.2. The molecular formula is C14H19F2N3O2. The molecule has 7 heteroatoms. The molecule has 0 aromatic heterocycles. The van der Waals surface area contributed by atoms with Gasteiger partial charge in [0.15, 0.2) is 11.6 Å². The van der Waals surface area contributed by atoms with E-state index in [9.17, 15) is 18.4 Å². The first-order chi connectivity index (χ1) is 9.79. The Bertz CT molecular complexity index is 523. The van der Waals surface area contributed by atoms with E-state index in [2.05, 4.69) is 10.6 Å². The highest BCUT2D eigenvalue weighted by Crippen LogP contribution is 2.11. The van der Waals surface area contributed by atoms with Gasteiger partial charge >= 0.3 is 6.03 Å². The van der Waals surface area contributed by atoms with Crippen LogP contribution in [0.25, 0.3) is 0 Å². The number of urea groups is 1. The molecule has 1 aromatic carbocycles. The van der Waals surface area contributed by atoms with Gasteiger partial charge < -0.3 is 16.4 Å². The molecule has 0 spiro atoms. The Hall–Kier alpha value is -2.18. The van der Waals surface area contributed by atoms with E-state index in [1.807, 2.05) is 0 Å². The van der Waals surface area contributed by atoms with Crippen LogP contribution in [0, 0.1) is 11.6 Å². The standard InChI is InChI=1S/C14H19F2N3O2/c1-8(18-13(20)9(2)19-14(17)21)3-4-10-5-6-11(15)12(16)7-10/h5-9H,3-4H2,1-2H3,(H,18,20)(H3,17,19,21)/t8-,9-/m1/s1. The number of hydrogen-bond donors (Lipinski definition) is 3. The Morgan fingerprint density at radius 1 is 1.19 bits per heavy atom. The number of hydrogen-bond acceptors (Lipinski definition) is 2. The summed E-state index contributed by atoms with van der Waals surface area (Å²) in [6.45, 7) is 3.30. The molecule has 1 aromatic rings. The first-order valence-electron chi connectivity index (χ1n) is 6.60. The van der Waals surface area contributed by atoms with Crippen molar-refractivity contribution in [2.45, 2.75) is 38.8 Å². The highest BCUT2D eigenvalue weighted by molar-refractivity contribution is 5.86. The van der Waals surface area contributed by atoms with E-state index in [0.717, 1.165) is 12.1 Å². The van der Waals surface area contributed by atoms with E-state index >= 15 is 0 Å². The molecule has 4 N–H and O–H groups in total. The van der Waals surface area contributed by atoms with E-state index in [1.165, 1.54) is 13.0 Å². The summed E-state index contributed by atoms with van der Waals surface area (Å²) in [7, 11) is 0. The zero-order valence-electron chi connectivity index (χ0n) is 12.0. The summed E-state index contributed by atoms with van der Waals surface area (Å²) in [5, 5.41) is 4.98. The number of halogens is 2. The monoisotopic (exact) mass is 299 g/mol. The lowest BCUT2D eigenvalue weighted by atomic mass is 10.1. The maximum absolute atomic E-state index is 13.0. The Kier molecular flexibility index (Phi) is 6.08. The van der Waals surface area contributed by atoms with Gasteiger partial charge in [-0.3, -0.25) is 4.79 Å². The SMILES string of the molecule is C[C@H](CCc1ccc(F)c(F)c1)NC(=O)[C@@H](C)NC(N)=O. The summed E-state index contributed by atoms with van der Waals surface area (Å²) >= 11 is 0. The van der Waals surface area contributed by atoms with Gasteiger partial charge in [0.05, 0.1) is 0 Å². The molecule has 0 saturated heterocycles. The molecule has 2 atom stereocenters. The van der Waals surface area contributed by atoms with Crippen LogP contribution in [0.1, 0.15) is 25.8 Å². The maximum atomic E-state index is 13.0. The average Bonchev–Trinajstić information content (AvgIpc) is 2.39. The van der Waals surface area contributed by atoms with Crippen molar-refractivity contribution >= 4 is 11.9 Å². The third-order valence-corrected chi connectivity index (χ3v) is 2.99. The van der Waals surface area contributed by atoms with Crippen LogP contribution in [0.4, 0.5) is 13.6 Å². The normalized spacial score (nSPS) is 13.3. The lowest BCUT2D eigenvalue weighted by molar-refractivity contribution is -0.123. The van der Waals surface area contributed by atoms with E-state index in [1.54, 1.807) is 6.92 Å². The molecule has 116 valence electrons. The van der Waals surface area contributed by atoms with Crippen molar-refractivity contribution in [3.8, 4) is 0 Å². The molecule has 0 unspecified atom stereocenters. The number of nitrogens with two attached hydrogens (primary N) is 1. The fraction of sp³-hybridized carbons (Fsp3) is 0.429. The van der Waals surface area contributed by atoms with Crippen molar-refractivity contribution in [1.82, 2.24) is 10.6 Å². The van der Waals surface area contributed by atoms with E-state index in [-0.39, 0.29) is 11.9 Å². The molecule has 1 rings (SSSR count). The minimum absolute atomic E-state index is 0.178. The zero-order chi connectivity index (χ0) is 16.0. The summed E-state index contributed by atoms with van der Waals surface area (Å²) < 4.78 is 25.8. The molecule has 0 radical (unpaired) electrons. The van der Waals surface area contributed by atoms with Crippen LogP contribution in [-0.2, 0) is 11.2 Å². The van der Waals surface area contributed by atoms with Crippen LogP contribution in [0.5, 0.6) is 0 Å². The Balaban J connectivity index is 2.43.